The maximum atomic E-state index is 12.2. The van der Waals surface area contributed by atoms with E-state index in [2.05, 4.69) is 32.6 Å². The van der Waals surface area contributed by atoms with Gasteiger partial charge in [0.25, 0.3) is 0 Å². The molecule has 1 unspecified atom stereocenters. The number of rotatable bonds is 1. The van der Waals surface area contributed by atoms with Crippen LogP contribution in [0.4, 0.5) is 4.79 Å². The van der Waals surface area contributed by atoms with E-state index in [0.29, 0.717) is 25.7 Å². The Morgan fingerprint density at radius 1 is 1.14 bits per heavy atom. The van der Waals surface area contributed by atoms with Crippen molar-refractivity contribution in [2.75, 3.05) is 26.2 Å². The molecule has 1 N–H and O–H groups in total. The third-order valence-electron chi connectivity index (χ3n) is 3.99. The molecule has 124 valence electrons. The lowest BCUT2D eigenvalue weighted by molar-refractivity contribution is 0.0183. The summed E-state index contributed by atoms with van der Waals surface area (Å²) in [4.78, 5) is 16.0. The maximum Gasteiger partial charge on any atom is 0.410 e. The standard InChI is InChI=1S/C16H32N2O3/c1-12(15(2,3)4)17-8-9-18(11-13(19)10-17)14(20)21-16(5,6)7/h12-13,19H,8-11H2,1-7H3/t12?,13-/m1/s1. The number of β-amino-alcohol motifs (C(OH)–C–C–N with tert-alkyl or cyclic N) is 1. The van der Waals surface area contributed by atoms with Crippen LogP contribution in [-0.4, -0.2) is 64.9 Å². The summed E-state index contributed by atoms with van der Waals surface area (Å²) < 4.78 is 5.40. The van der Waals surface area contributed by atoms with E-state index in [1.165, 1.54) is 0 Å². The highest BCUT2D eigenvalue weighted by Crippen LogP contribution is 2.25. The number of nitrogens with zero attached hydrogens (tertiary/aromatic N) is 2. The molecule has 0 spiro atoms. The van der Waals surface area contributed by atoms with E-state index in [-0.39, 0.29) is 11.5 Å². The van der Waals surface area contributed by atoms with Gasteiger partial charge in [-0.05, 0) is 33.1 Å². The largest absolute Gasteiger partial charge is 0.444 e. The summed E-state index contributed by atoms with van der Waals surface area (Å²) >= 11 is 0. The Morgan fingerprint density at radius 3 is 2.19 bits per heavy atom. The topological polar surface area (TPSA) is 53.0 Å². The third kappa shape index (κ3) is 5.83. The van der Waals surface area contributed by atoms with Crippen molar-refractivity contribution in [3.63, 3.8) is 0 Å². The average Bonchev–Trinajstić information content (AvgIpc) is 2.46. The molecule has 5 nitrogen and oxygen atoms in total. The molecule has 1 fully saturated rings. The van der Waals surface area contributed by atoms with Crippen LogP contribution in [-0.2, 0) is 4.74 Å². The molecule has 21 heavy (non-hydrogen) atoms. The fraction of sp³-hybridized carbons (Fsp3) is 0.938. The first-order valence-corrected chi connectivity index (χ1v) is 7.80. The van der Waals surface area contributed by atoms with Crippen LogP contribution in [0.3, 0.4) is 0 Å². The molecule has 0 bridgehead atoms. The fourth-order valence-corrected chi connectivity index (χ4v) is 2.41. The molecule has 0 aromatic heterocycles. The van der Waals surface area contributed by atoms with E-state index in [0.717, 1.165) is 6.54 Å². The van der Waals surface area contributed by atoms with E-state index in [1.54, 1.807) is 4.90 Å². The SMILES string of the molecule is CC(N1CCN(C(=O)OC(C)(C)C)C[C@H](O)C1)C(C)(C)C. The molecular weight excluding hydrogens is 268 g/mol. The van der Waals surface area contributed by atoms with Crippen LogP contribution in [0, 0.1) is 5.41 Å². The van der Waals surface area contributed by atoms with Gasteiger partial charge in [0.05, 0.1) is 12.6 Å². The lowest BCUT2D eigenvalue weighted by Crippen LogP contribution is -2.45. The van der Waals surface area contributed by atoms with E-state index in [9.17, 15) is 9.90 Å². The zero-order valence-electron chi connectivity index (χ0n) is 14.6. The lowest BCUT2D eigenvalue weighted by atomic mass is 9.87. The lowest BCUT2D eigenvalue weighted by Gasteiger charge is -2.37. The van der Waals surface area contributed by atoms with Gasteiger partial charge in [-0.25, -0.2) is 4.79 Å². The molecule has 1 aliphatic heterocycles. The van der Waals surface area contributed by atoms with Crippen molar-refractivity contribution >= 4 is 6.09 Å². The quantitative estimate of drug-likeness (QED) is 0.807. The van der Waals surface area contributed by atoms with Gasteiger partial charge in [-0.2, -0.15) is 0 Å². The van der Waals surface area contributed by atoms with Crippen LogP contribution >= 0.6 is 0 Å². The monoisotopic (exact) mass is 300 g/mol. The van der Waals surface area contributed by atoms with Crippen LogP contribution in [0.25, 0.3) is 0 Å². The number of aliphatic hydroxyl groups excluding tert-OH is 1. The second-order valence-corrected chi connectivity index (χ2v) is 8.12. The first-order valence-electron chi connectivity index (χ1n) is 7.80. The average molecular weight is 300 g/mol. The molecule has 0 saturated carbocycles. The van der Waals surface area contributed by atoms with E-state index in [4.69, 9.17) is 4.74 Å². The van der Waals surface area contributed by atoms with Crippen LogP contribution < -0.4 is 0 Å². The Labute approximate surface area is 129 Å². The third-order valence-corrected chi connectivity index (χ3v) is 3.99. The molecule has 2 atom stereocenters. The number of aliphatic hydroxyl groups is 1. The first kappa shape index (κ1) is 18.2. The van der Waals surface area contributed by atoms with Crippen molar-refractivity contribution in [1.82, 2.24) is 9.80 Å². The predicted molar refractivity (Wildman–Crippen MR) is 84.3 cm³/mol. The minimum Gasteiger partial charge on any atom is -0.444 e. The molecule has 0 aliphatic carbocycles. The van der Waals surface area contributed by atoms with E-state index >= 15 is 0 Å². The van der Waals surface area contributed by atoms with Crippen LogP contribution in [0.2, 0.25) is 0 Å². The van der Waals surface area contributed by atoms with Crippen LogP contribution in [0.1, 0.15) is 48.5 Å². The van der Waals surface area contributed by atoms with Crippen molar-refractivity contribution in [3.05, 3.63) is 0 Å². The Balaban J connectivity index is 2.70. The molecule has 1 amide bonds. The molecule has 1 rings (SSSR count). The summed E-state index contributed by atoms with van der Waals surface area (Å²) in [5.74, 6) is 0. The molecule has 5 heteroatoms. The van der Waals surface area contributed by atoms with Gasteiger partial charge in [-0.1, -0.05) is 20.8 Å². The minimum atomic E-state index is -0.537. The molecule has 1 aliphatic rings. The summed E-state index contributed by atoms with van der Waals surface area (Å²) in [5.41, 5.74) is -0.368. The summed E-state index contributed by atoms with van der Waals surface area (Å²) in [6, 6.07) is 0.339. The molecule has 0 aromatic carbocycles. The van der Waals surface area contributed by atoms with Gasteiger partial charge in [-0.3, -0.25) is 4.90 Å². The maximum absolute atomic E-state index is 12.2. The zero-order valence-corrected chi connectivity index (χ0v) is 14.6. The van der Waals surface area contributed by atoms with Gasteiger partial charge in [-0.15, -0.1) is 0 Å². The number of hydrogen-bond donors (Lipinski definition) is 1. The number of carbonyl (C=O) groups excluding carboxylic acids is 1. The Hall–Kier alpha value is -0.810. The normalized spacial score (nSPS) is 23.6. The Morgan fingerprint density at radius 2 is 1.71 bits per heavy atom. The highest BCUT2D eigenvalue weighted by Gasteiger charge is 2.32. The summed E-state index contributed by atoms with van der Waals surface area (Å²) in [6.45, 7) is 16.6. The second-order valence-electron chi connectivity index (χ2n) is 8.12. The smallest absolute Gasteiger partial charge is 0.410 e. The van der Waals surface area contributed by atoms with Gasteiger partial charge in [0, 0.05) is 25.7 Å². The summed E-state index contributed by atoms with van der Waals surface area (Å²) in [7, 11) is 0. The zero-order chi connectivity index (χ0) is 16.4. The second kappa shape index (κ2) is 6.53. The van der Waals surface area contributed by atoms with Gasteiger partial charge in [0.15, 0.2) is 0 Å². The Kier molecular flexibility index (Phi) is 5.67. The molecule has 1 heterocycles. The summed E-state index contributed by atoms with van der Waals surface area (Å²) in [6.07, 6.45) is -0.878. The predicted octanol–water partition coefficient (Wildman–Crippen LogP) is 2.33. The van der Waals surface area contributed by atoms with Crippen molar-refractivity contribution in [1.29, 1.82) is 0 Å². The van der Waals surface area contributed by atoms with Crippen molar-refractivity contribution in [2.24, 2.45) is 5.41 Å². The molecule has 1 saturated heterocycles. The highest BCUT2D eigenvalue weighted by molar-refractivity contribution is 5.68. The van der Waals surface area contributed by atoms with Crippen molar-refractivity contribution in [2.45, 2.75) is 66.2 Å². The minimum absolute atomic E-state index is 0.140. The van der Waals surface area contributed by atoms with Crippen LogP contribution in [0.5, 0.6) is 0 Å². The van der Waals surface area contributed by atoms with Gasteiger partial charge < -0.3 is 14.7 Å². The fourth-order valence-electron chi connectivity index (χ4n) is 2.41. The van der Waals surface area contributed by atoms with Gasteiger partial charge in [0.1, 0.15) is 5.60 Å². The number of hydrogen-bond acceptors (Lipinski definition) is 4. The van der Waals surface area contributed by atoms with E-state index < -0.39 is 11.7 Å². The summed E-state index contributed by atoms with van der Waals surface area (Å²) in [5, 5.41) is 10.2. The van der Waals surface area contributed by atoms with Crippen LogP contribution in [0.15, 0.2) is 0 Å². The number of carbonyl (C=O) groups is 1. The number of amides is 1. The first-order chi connectivity index (χ1) is 9.40. The Bertz CT molecular complexity index is 358. The molecule has 0 aromatic rings. The van der Waals surface area contributed by atoms with Crippen molar-refractivity contribution < 1.29 is 14.6 Å². The molecular formula is C16H32N2O3. The van der Waals surface area contributed by atoms with E-state index in [1.807, 2.05) is 20.8 Å². The molecule has 0 radical (unpaired) electrons. The van der Waals surface area contributed by atoms with Gasteiger partial charge >= 0.3 is 6.09 Å². The highest BCUT2D eigenvalue weighted by atomic mass is 16.6. The van der Waals surface area contributed by atoms with Gasteiger partial charge in [0.2, 0.25) is 0 Å². The number of ether oxygens (including phenoxy) is 1. The van der Waals surface area contributed by atoms with Crippen molar-refractivity contribution in [3.8, 4) is 0 Å².